The second-order valence-electron chi connectivity index (χ2n) is 7.31. The number of anilines is 1. The smallest absolute Gasteiger partial charge is 0.240 e. The van der Waals surface area contributed by atoms with Gasteiger partial charge in [-0.2, -0.15) is 0 Å². The van der Waals surface area contributed by atoms with E-state index in [1.807, 2.05) is 13.0 Å². The molecule has 0 saturated carbocycles. The third-order valence-electron chi connectivity index (χ3n) is 5.02. The number of aliphatic hydroxyl groups excluding tert-OH is 1. The minimum atomic E-state index is -3.82. The van der Waals surface area contributed by atoms with E-state index in [1.54, 1.807) is 54.6 Å². The highest BCUT2D eigenvalue weighted by Crippen LogP contribution is 2.25. The van der Waals surface area contributed by atoms with Crippen LogP contribution in [-0.2, 0) is 16.6 Å². The Labute approximate surface area is 182 Å². The molecule has 0 bridgehead atoms. The molecule has 0 spiro atoms. The van der Waals surface area contributed by atoms with E-state index in [2.05, 4.69) is 4.98 Å². The normalized spacial score (nSPS) is 12.4. The van der Waals surface area contributed by atoms with Crippen molar-refractivity contribution in [2.45, 2.75) is 25.6 Å². The average molecular weight is 443 g/mol. The number of carbonyl (C=O) groups is 1. The van der Waals surface area contributed by atoms with E-state index in [1.165, 1.54) is 18.3 Å². The number of benzene rings is 2. The Morgan fingerprint density at radius 2 is 1.84 bits per heavy atom. The van der Waals surface area contributed by atoms with Gasteiger partial charge in [0, 0.05) is 5.69 Å². The number of ketones is 1. The van der Waals surface area contributed by atoms with Crippen molar-refractivity contribution in [3.05, 3.63) is 83.2 Å². The van der Waals surface area contributed by atoms with Crippen molar-refractivity contribution in [1.82, 2.24) is 4.98 Å². The van der Waals surface area contributed by atoms with Gasteiger partial charge in [0.15, 0.2) is 0 Å². The molecule has 164 valence electrons. The molecule has 3 aromatic rings. The number of aliphatic hydroxyl groups is 1. The molecule has 1 atom stereocenters. The first-order chi connectivity index (χ1) is 14.8. The largest absolute Gasteiger partial charge is 0.496 e. The molecule has 1 aromatic heterocycles. The zero-order chi connectivity index (χ0) is 22.6. The van der Waals surface area contributed by atoms with Gasteiger partial charge in [0.1, 0.15) is 11.0 Å². The maximum Gasteiger partial charge on any atom is 0.240 e. The number of ether oxygens (including phenoxy) is 1. The molecular formula is C23H26N2O5S. The van der Waals surface area contributed by atoms with Crippen LogP contribution < -0.4 is 9.04 Å². The van der Waals surface area contributed by atoms with E-state index in [9.17, 15) is 18.3 Å². The third-order valence-corrected chi connectivity index (χ3v) is 7.14. The highest BCUT2D eigenvalue weighted by molar-refractivity contribution is 7.93. The lowest BCUT2D eigenvalue weighted by Gasteiger charge is -2.26. The summed E-state index contributed by atoms with van der Waals surface area (Å²) in [6, 6.07) is 17.3. The fourth-order valence-corrected chi connectivity index (χ4v) is 4.54. The van der Waals surface area contributed by atoms with Gasteiger partial charge < -0.3 is 14.8 Å². The van der Waals surface area contributed by atoms with Crippen LogP contribution in [0.2, 0.25) is 0 Å². The molecule has 3 rings (SSSR count). The van der Waals surface area contributed by atoms with Crippen LogP contribution in [0.25, 0.3) is 0 Å². The molecule has 0 fully saturated rings. The van der Waals surface area contributed by atoms with Crippen molar-refractivity contribution in [3.63, 3.8) is 0 Å². The molecule has 0 aliphatic carbocycles. The van der Waals surface area contributed by atoms with Gasteiger partial charge in [0.2, 0.25) is 15.8 Å². The molecule has 8 heteroatoms. The molecule has 2 N–H and O–H groups in total. The zero-order valence-electron chi connectivity index (χ0n) is 17.7. The van der Waals surface area contributed by atoms with E-state index in [0.29, 0.717) is 28.4 Å². The Kier molecular flexibility index (Phi) is 6.82. The van der Waals surface area contributed by atoms with Gasteiger partial charge >= 0.3 is 0 Å². The van der Waals surface area contributed by atoms with Crippen molar-refractivity contribution >= 4 is 21.5 Å². The molecule has 0 aliphatic heterocycles. The number of rotatable bonds is 9. The minimum absolute atomic E-state index is 0.00496. The van der Waals surface area contributed by atoms with E-state index >= 15 is 0 Å². The number of carbonyl (C=O) groups excluding carboxylic acids is 1. The number of aryl methyl sites for hydroxylation is 1. The van der Waals surface area contributed by atoms with Gasteiger partial charge in [0.05, 0.1) is 37.2 Å². The Morgan fingerprint density at radius 3 is 2.48 bits per heavy atom. The number of aromatic nitrogens is 1. The lowest BCUT2D eigenvalue weighted by molar-refractivity contribution is 0.103. The molecule has 0 amide bonds. The topological polar surface area (TPSA) is 99.7 Å². The standard InChI is InChI=1S/C23H26N2O5S/c1-16-9-11-20(22(13-16)30-3)23(27)21-12-10-18(24-21)14-25(19-7-5-4-6-8-19)31(28,29)17(2)15-26/h4-13,17,24,26H,14-15H2,1-3H3. The molecular weight excluding hydrogens is 416 g/mol. The first kappa shape index (κ1) is 22.6. The highest BCUT2D eigenvalue weighted by Gasteiger charge is 2.29. The summed E-state index contributed by atoms with van der Waals surface area (Å²) in [7, 11) is -2.31. The minimum Gasteiger partial charge on any atom is -0.496 e. The fraction of sp³-hybridized carbons (Fsp3) is 0.261. The van der Waals surface area contributed by atoms with Gasteiger partial charge in [-0.15, -0.1) is 0 Å². The predicted molar refractivity (Wildman–Crippen MR) is 120 cm³/mol. The Bertz CT molecular complexity index is 1160. The van der Waals surface area contributed by atoms with Gasteiger partial charge in [0.25, 0.3) is 0 Å². The number of para-hydroxylation sites is 1. The van der Waals surface area contributed by atoms with Crippen LogP contribution in [-0.4, -0.2) is 43.3 Å². The van der Waals surface area contributed by atoms with Gasteiger partial charge in [-0.3, -0.25) is 9.10 Å². The summed E-state index contributed by atoms with van der Waals surface area (Å²) in [5.41, 5.74) is 2.75. The number of H-pyrrole nitrogens is 1. The van der Waals surface area contributed by atoms with Crippen molar-refractivity contribution in [2.75, 3.05) is 18.0 Å². The van der Waals surface area contributed by atoms with E-state index in [0.717, 1.165) is 5.56 Å². The number of hydrogen-bond donors (Lipinski definition) is 2. The van der Waals surface area contributed by atoms with E-state index in [-0.39, 0.29) is 12.3 Å². The first-order valence-corrected chi connectivity index (χ1v) is 11.3. The molecule has 31 heavy (non-hydrogen) atoms. The van der Waals surface area contributed by atoms with Gasteiger partial charge in [-0.1, -0.05) is 24.3 Å². The van der Waals surface area contributed by atoms with Crippen LogP contribution >= 0.6 is 0 Å². The third kappa shape index (κ3) is 4.81. The maximum absolute atomic E-state index is 13.0. The molecule has 0 saturated heterocycles. The first-order valence-electron chi connectivity index (χ1n) is 9.82. The van der Waals surface area contributed by atoms with Gasteiger partial charge in [-0.05, 0) is 55.8 Å². The van der Waals surface area contributed by atoms with Crippen LogP contribution in [0.4, 0.5) is 5.69 Å². The lowest BCUT2D eigenvalue weighted by Crippen LogP contribution is -2.39. The molecule has 1 heterocycles. The number of sulfonamides is 1. The lowest BCUT2D eigenvalue weighted by atomic mass is 10.1. The number of nitrogens with one attached hydrogen (secondary N) is 1. The van der Waals surface area contributed by atoms with Crippen molar-refractivity contribution < 1.29 is 23.1 Å². The molecule has 0 aliphatic rings. The second-order valence-corrected chi connectivity index (χ2v) is 9.59. The average Bonchev–Trinajstić information content (AvgIpc) is 3.25. The number of nitrogens with zero attached hydrogens (tertiary/aromatic N) is 1. The zero-order valence-corrected chi connectivity index (χ0v) is 18.5. The van der Waals surface area contributed by atoms with Gasteiger partial charge in [-0.25, -0.2) is 8.42 Å². The Morgan fingerprint density at radius 1 is 1.13 bits per heavy atom. The highest BCUT2D eigenvalue weighted by atomic mass is 32.2. The summed E-state index contributed by atoms with van der Waals surface area (Å²) >= 11 is 0. The predicted octanol–water partition coefficient (Wildman–Crippen LogP) is 3.28. The summed E-state index contributed by atoms with van der Waals surface area (Å²) in [4.78, 5) is 16.0. The number of methoxy groups -OCH3 is 1. The quantitative estimate of drug-likeness (QED) is 0.496. The summed E-state index contributed by atoms with van der Waals surface area (Å²) in [6.07, 6.45) is 0. The van der Waals surface area contributed by atoms with Crippen molar-refractivity contribution in [3.8, 4) is 5.75 Å². The SMILES string of the molecule is COc1cc(C)ccc1C(=O)c1ccc(CN(c2ccccc2)S(=O)(=O)C(C)CO)[nH]1. The number of aromatic amines is 1. The fourth-order valence-electron chi connectivity index (χ4n) is 3.18. The van der Waals surface area contributed by atoms with Crippen molar-refractivity contribution in [1.29, 1.82) is 0 Å². The molecule has 0 radical (unpaired) electrons. The second kappa shape index (κ2) is 9.36. The summed E-state index contributed by atoms with van der Waals surface area (Å²) < 4.78 is 32.6. The number of hydrogen-bond acceptors (Lipinski definition) is 5. The summed E-state index contributed by atoms with van der Waals surface area (Å²) in [5.74, 6) is 0.229. The van der Waals surface area contributed by atoms with E-state index in [4.69, 9.17) is 4.74 Å². The molecule has 2 aromatic carbocycles. The van der Waals surface area contributed by atoms with Crippen LogP contribution in [0.15, 0.2) is 60.7 Å². The van der Waals surface area contributed by atoms with Crippen molar-refractivity contribution in [2.24, 2.45) is 0 Å². The van der Waals surface area contributed by atoms with Crippen LogP contribution in [0.1, 0.15) is 34.2 Å². The summed E-state index contributed by atoms with van der Waals surface area (Å²) in [5, 5.41) is 8.46. The van der Waals surface area contributed by atoms with Crippen LogP contribution in [0.3, 0.4) is 0 Å². The maximum atomic E-state index is 13.0. The molecule has 7 nitrogen and oxygen atoms in total. The monoisotopic (exact) mass is 442 g/mol. The Balaban J connectivity index is 1.92. The summed E-state index contributed by atoms with van der Waals surface area (Å²) in [6.45, 7) is 2.87. The van der Waals surface area contributed by atoms with E-state index < -0.39 is 21.9 Å². The molecule has 1 unspecified atom stereocenters. The Hall–Kier alpha value is -3.10. The van der Waals surface area contributed by atoms with Crippen LogP contribution in [0, 0.1) is 6.92 Å². The van der Waals surface area contributed by atoms with Crippen LogP contribution in [0.5, 0.6) is 5.75 Å².